The summed E-state index contributed by atoms with van der Waals surface area (Å²) in [5.74, 6) is -0.0404. The molecule has 1 saturated heterocycles. The standard InChI is InChI=1S/C12H12Cl2O2/c13-8-4-5-9(10(14)7-8)12(15)11-3-1-2-6-16-11/h4-5,7,11H,1-3,6H2. The second-order valence-corrected chi connectivity index (χ2v) is 4.69. The van der Waals surface area contributed by atoms with Gasteiger partial charge < -0.3 is 4.74 Å². The third-order valence-electron chi connectivity index (χ3n) is 2.67. The zero-order valence-electron chi connectivity index (χ0n) is 8.71. The maximum Gasteiger partial charge on any atom is 0.193 e. The first-order valence-electron chi connectivity index (χ1n) is 5.29. The van der Waals surface area contributed by atoms with E-state index in [1.54, 1.807) is 18.2 Å². The van der Waals surface area contributed by atoms with Crippen LogP contribution in [0.25, 0.3) is 0 Å². The van der Waals surface area contributed by atoms with Crippen molar-refractivity contribution in [3.63, 3.8) is 0 Å². The van der Waals surface area contributed by atoms with Crippen LogP contribution in [0.1, 0.15) is 29.6 Å². The molecule has 0 amide bonds. The van der Waals surface area contributed by atoms with Gasteiger partial charge in [0, 0.05) is 17.2 Å². The van der Waals surface area contributed by atoms with Crippen LogP contribution in [0.15, 0.2) is 18.2 Å². The highest BCUT2D eigenvalue weighted by molar-refractivity contribution is 6.37. The fourth-order valence-electron chi connectivity index (χ4n) is 1.81. The summed E-state index contributed by atoms with van der Waals surface area (Å²) in [6.45, 7) is 0.654. The quantitative estimate of drug-likeness (QED) is 0.756. The van der Waals surface area contributed by atoms with Crippen LogP contribution in [0.2, 0.25) is 10.0 Å². The SMILES string of the molecule is O=C(c1ccc(Cl)cc1Cl)C1CCCCO1. The van der Waals surface area contributed by atoms with Crippen molar-refractivity contribution < 1.29 is 9.53 Å². The van der Waals surface area contributed by atoms with E-state index in [1.807, 2.05) is 0 Å². The fraction of sp³-hybridized carbons (Fsp3) is 0.417. The number of hydrogen-bond donors (Lipinski definition) is 0. The molecule has 1 aliphatic rings. The van der Waals surface area contributed by atoms with Gasteiger partial charge in [-0.25, -0.2) is 0 Å². The van der Waals surface area contributed by atoms with Gasteiger partial charge in [-0.3, -0.25) is 4.79 Å². The summed E-state index contributed by atoms with van der Waals surface area (Å²) in [5.41, 5.74) is 0.498. The number of carbonyl (C=O) groups is 1. The Morgan fingerprint density at radius 1 is 1.31 bits per heavy atom. The van der Waals surface area contributed by atoms with Gasteiger partial charge >= 0.3 is 0 Å². The minimum Gasteiger partial charge on any atom is -0.370 e. The average molecular weight is 259 g/mol. The molecule has 0 saturated carbocycles. The Morgan fingerprint density at radius 2 is 2.12 bits per heavy atom. The van der Waals surface area contributed by atoms with Crippen LogP contribution >= 0.6 is 23.2 Å². The Morgan fingerprint density at radius 3 is 2.75 bits per heavy atom. The maximum atomic E-state index is 12.1. The van der Waals surface area contributed by atoms with Crippen LogP contribution in [-0.4, -0.2) is 18.5 Å². The molecule has 1 unspecified atom stereocenters. The topological polar surface area (TPSA) is 26.3 Å². The minimum atomic E-state index is -0.340. The number of carbonyl (C=O) groups excluding carboxylic acids is 1. The first-order valence-corrected chi connectivity index (χ1v) is 6.05. The van der Waals surface area contributed by atoms with Crippen molar-refractivity contribution in [1.29, 1.82) is 0 Å². The van der Waals surface area contributed by atoms with Gasteiger partial charge in [0.25, 0.3) is 0 Å². The molecule has 16 heavy (non-hydrogen) atoms. The van der Waals surface area contributed by atoms with Crippen LogP contribution in [0.4, 0.5) is 0 Å². The van der Waals surface area contributed by atoms with Gasteiger partial charge in [0.1, 0.15) is 6.10 Å². The second-order valence-electron chi connectivity index (χ2n) is 3.84. The number of Topliss-reactive ketones (excluding diaryl/α,β-unsaturated/α-hetero) is 1. The molecule has 0 spiro atoms. The van der Waals surface area contributed by atoms with E-state index in [2.05, 4.69) is 0 Å². The Balaban J connectivity index is 2.19. The van der Waals surface area contributed by atoms with Gasteiger partial charge in [0.05, 0.1) is 5.02 Å². The van der Waals surface area contributed by atoms with Gasteiger partial charge in [-0.05, 0) is 37.5 Å². The molecule has 1 heterocycles. The van der Waals surface area contributed by atoms with E-state index >= 15 is 0 Å². The highest BCUT2D eigenvalue weighted by Gasteiger charge is 2.24. The molecule has 0 bridgehead atoms. The van der Waals surface area contributed by atoms with Crippen LogP contribution in [-0.2, 0) is 4.74 Å². The average Bonchev–Trinajstić information content (AvgIpc) is 2.29. The molecule has 2 rings (SSSR count). The lowest BCUT2D eigenvalue weighted by molar-refractivity contribution is 0.0186. The molecule has 0 radical (unpaired) electrons. The molecule has 1 aromatic carbocycles. The molecule has 86 valence electrons. The molecule has 0 aliphatic carbocycles. The van der Waals surface area contributed by atoms with E-state index in [1.165, 1.54) is 0 Å². The molecule has 4 heteroatoms. The van der Waals surface area contributed by atoms with Crippen molar-refractivity contribution in [2.45, 2.75) is 25.4 Å². The van der Waals surface area contributed by atoms with Gasteiger partial charge in [-0.2, -0.15) is 0 Å². The Bertz CT molecular complexity index is 398. The molecular formula is C12H12Cl2O2. The molecule has 1 atom stereocenters. The van der Waals surface area contributed by atoms with Crippen molar-refractivity contribution in [3.05, 3.63) is 33.8 Å². The highest BCUT2D eigenvalue weighted by Crippen LogP contribution is 2.25. The van der Waals surface area contributed by atoms with Crippen molar-refractivity contribution >= 4 is 29.0 Å². The summed E-state index contributed by atoms with van der Waals surface area (Å²) in [4.78, 5) is 12.1. The van der Waals surface area contributed by atoms with Gasteiger partial charge in [0.15, 0.2) is 5.78 Å². The molecule has 1 fully saturated rings. The summed E-state index contributed by atoms with van der Waals surface area (Å²) in [6, 6.07) is 4.91. The van der Waals surface area contributed by atoms with Gasteiger partial charge in [-0.15, -0.1) is 0 Å². The van der Waals surface area contributed by atoms with E-state index in [9.17, 15) is 4.79 Å². The predicted octanol–water partition coefficient (Wildman–Crippen LogP) is 3.75. The molecular weight excluding hydrogens is 247 g/mol. The zero-order valence-corrected chi connectivity index (χ0v) is 10.2. The van der Waals surface area contributed by atoms with Crippen LogP contribution in [0, 0.1) is 0 Å². The van der Waals surface area contributed by atoms with Crippen molar-refractivity contribution in [2.24, 2.45) is 0 Å². The number of ether oxygens (including phenoxy) is 1. The predicted molar refractivity (Wildman–Crippen MR) is 64.4 cm³/mol. The lowest BCUT2D eigenvalue weighted by atomic mass is 10.00. The normalized spacial score (nSPS) is 20.8. The lowest BCUT2D eigenvalue weighted by Gasteiger charge is -2.21. The van der Waals surface area contributed by atoms with E-state index in [0.717, 1.165) is 19.3 Å². The third-order valence-corrected chi connectivity index (χ3v) is 3.22. The number of rotatable bonds is 2. The maximum absolute atomic E-state index is 12.1. The highest BCUT2D eigenvalue weighted by atomic mass is 35.5. The van der Waals surface area contributed by atoms with E-state index < -0.39 is 0 Å². The Hall–Kier alpha value is -0.570. The summed E-state index contributed by atoms with van der Waals surface area (Å²) in [5, 5.41) is 0.929. The van der Waals surface area contributed by atoms with E-state index in [-0.39, 0.29) is 11.9 Å². The molecule has 1 aromatic rings. The Labute approximate surface area is 104 Å². The number of hydrogen-bond acceptors (Lipinski definition) is 2. The summed E-state index contributed by atoms with van der Waals surface area (Å²) in [7, 11) is 0. The number of benzene rings is 1. The molecule has 1 aliphatic heterocycles. The van der Waals surface area contributed by atoms with Gasteiger partial charge in [-0.1, -0.05) is 23.2 Å². The summed E-state index contributed by atoms with van der Waals surface area (Å²) in [6.07, 6.45) is 2.49. The molecule has 0 N–H and O–H groups in total. The van der Waals surface area contributed by atoms with Crippen LogP contribution in [0.3, 0.4) is 0 Å². The van der Waals surface area contributed by atoms with Crippen molar-refractivity contribution in [1.82, 2.24) is 0 Å². The smallest absolute Gasteiger partial charge is 0.193 e. The minimum absolute atomic E-state index is 0.0404. The Kier molecular flexibility index (Phi) is 3.85. The fourth-order valence-corrected chi connectivity index (χ4v) is 2.31. The van der Waals surface area contributed by atoms with Crippen LogP contribution in [0.5, 0.6) is 0 Å². The largest absolute Gasteiger partial charge is 0.370 e. The van der Waals surface area contributed by atoms with Crippen molar-refractivity contribution in [2.75, 3.05) is 6.61 Å². The van der Waals surface area contributed by atoms with Gasteiger partial charge in [0.2, 0.25) is 0 Å². The van der Waals surface area contributed by atoms with Crippen molar-refractivity contribution in [3.8, 4) is 0 Å². The monoisotopic (exact) mass is 258 g/mol. The summed E-state index contributed by atoms with van der Waals surface area (Å²) < 4.78 is 5.44. The first-order chi connectivity index (χ1) is 7.68. The number of ketones is 1. The van der Waals surface area contributed by atoms with E-state index in [0.29, 0.717) is 22.2 Å². The lowest BCUT2D eigenvalue weighted by Crippen LogP contribution is -2.28. The zero-order chi connectivity index (χ0) is 11.5. The number of halogens is 2. The summed E-state index contributed by atoms with van der Waals surface area (Å²) >= 11 is 11.8. The molecule has 2 nitrogen and oxygen atoms in total. The first kappa shape index (κ1) is 11.9. The molecule has 0 aromatic heterocycles. The third kappa shape index (κ3) is 2.57. The second kappa shape index (κ2) is 5.17. The van der Waals surface area contributed by atoms with E-state index in [4.69, 9.17) is 27.9 Å². The van der Waals surface area contributed by atoms with Crippen LogP contribution < -0.4 is 0 Å².